The summed E-state index contributed by atoms with van der Waals surface area (Å²) in [5.74, 6) is -79.0. The molecule has 0 aromatic rings. The Labute approximate surface area is 192 Å². The van der Waals surface area contributed by atoms with Gasteiger partial charge in [-0.3, -0.25) is 11.5 Å². The summed E-state index contributed by atoms with van der Waals surface area (Å²) in [5.41, 5.74) is -1.12. The Hall–Kier alpha value is -1.69. The van der Waals surface area contributed by atoms with Crippen LogP contribution in [-0.4, -0.2) is 71.1 Å². The average molecular weight is 628 g/mol. The molecule has 0 bridgehead atoms. The summed E-state index contributed by atoms with van der Waals surface area (Å²) < 4.78 is 305. The molecule has 0 heterocycles. The van der Waals surface area contributed by atoms with Crippen molar-refractivity contribution in [2.45, 2.75) is 78.0 Å². The third-order valence-corrected chi connectivity index (χ3v) is 4.78. The van der Waals surface area contributed by atoms with Crippen molar-refractivity contribution in [3.8, 4) is 0 Å². The zero-order chi connectivity index (χ0) is 32.0. The number of hydrogen-bond donors (Lipinski definition) is 2. The van der Waals surface area contributed by atoms with Crippen LogP contribution >= 0.6 is 0 Å². The Kier molecular flexibility index (Phi) is 8.03. The normalized spacial score (nSPS) is 18.5. The number of hydrogen-bond acceptors (Lipinski definition) is 2. The third-order valence-electron chi connectivity index (χ3n) is 4.78. The predicted octanol–water partition coefficient (Wildman–Crippen LogP) is 6.54. The Bertz CT molecular complexity index is 803. The summed E-state index contributed by atoms with van der Waals surface area (Å²) in [6.07, 6.45) is 0. The van der Waals surface area contributed by atoms with Crippen LogP contribution in [0.25, 0.3) is 0 Å². The van der Waals surface area contributed by atoms with Gasteiger partial charge in [-0.15, -0.1) is 0 Å². The second-order valence-corrected chi connectivity index (χ2v) is 7.42. The molecule has 38 heavy (non-hydrogen) atoms. The minimum atomic E-state index is -9.34. The number of rotatable bonds is 11. The number of nitrogens with two attached hydrogens (primary N) is 2. The fourth-order valence-corrected chi connectivity index (χ4v) is 2.20. The van der Waals surface area contributed by atoms with Crippen molar-refractivity contribution in [3.05, 3.63) is 0 Å². The van der Waals surface area contributed by atoms with Gasteiger partial charge in [0.2, 0.25) is 5.67 Å². The van der Waals surface area contributed by atoms with Crippen molar-refractivity contribution >= 4 is 0 Å². The fourth-order valence-electron chi connectivity index (χ4n) is 2.20. The van der Waals surface area contributed by atoms with Crippen molar-refractivity contribution < 1.29 is 101 Å². The molecule has 0 saturated carbocycles. The largest absolute Gasteiger partial charge is 0.392 e. The number of halogens is 23. The van der Waals surface area contributed by atoms with Gasteiger partial charge in [0.05, 0.1) is 0 Å². The lowest BCUT2D eigenvalue weighted by Gasteiger charge is -2.46. The molecular formula is C13H7F23N2. The van der Waals surface area contributed by atoms with E-state index in [9.17, 15) is 101 Å². The van der Waals surface area contributed by atoms with Crippen LogP contribution in [0.1, 0.15) is 6.92 Å². The molecular weight excluding hydrogens is 621 g/mol. The van der Waals surface area contributed by atoms with Gasteiger partial charge in [0.25, 0.3) is 0 Å². The second kappa shape index (κ2) is 8.41. The molecule has 0 aliphatic carbocycles. The van der Waals surface area contributed by atoms with E-state index < -0.39 is 78.0 Å². The molecule has 0 rings (SSSR count). The molecule has 0 aliphatic heterocycles. The molecule has 0 amide bonds. The van der Waals surface area contributed by atoms with E-state index in [1.165, 1.54) is 0 Å². The van der Waals surface area contributed by atoms with Crippen LogP contribution < -0.4 is 11.5 Å². The maximum absolute atomic E-state index is 13.8. The Morgan fingerprint density at radius 3 is 0.605 bits per heavy atom. The summed E-state index contributed by atoms with van der Waals surface area (Å²) in [6, 6.07) is -13.9. The SMILES string of the molecule is CC(F)(C(F)(F)C(N)(F)F)C(F)(F)C(F)(F)C(F)(F)C(F)(F)C(F)(F)C(F)(F)C(F)(F)C(F)(F)C(N)(F)F. The van der Waals surface area contributed by atoms with Gasteiger partial charge in [0.1, 0.15) is 0 Å². The molecule has 1 unspecified atom stereocenters. The van der Waals surface area contributed by atoms with E-state index in [0.717, 1.165) is 0 Å². The highest BCUT2D eigenvalue weighted by Crippen LogP contribution is 2.67. The lowest BCUT2D eigenvalue weighted by molar-refractivity contribution is -0.470. The molecule has 0 spiro atoms. The first-order valence-corrected chi connectivity index (χ1v) is 8.17. The minimum absolute atomic E-state index is 1.89. The highest BCUT2D eigenvalue weighted by Gasteiger charge is 2.98. The Morgan fingerprint density at radius 2 is 0.421 bits per heavy atom. The molecule has 2 nitrogen and oxygen atoms in total. The highest BCUT2D eigenvalue weighted by molar-refractivity contribution is 5.20. The first-order valence-electron chi connectivity index (χ1n) is 8.17. The van der Waals surface area contributed by atoms with Crippen molar-refractivity contribution in [1.29, 1.82) is 0 Å². The van der Waals surface area contributed by atoms with Crippen molar-refractivity contribution in [1.82, 2.24) is 0 Å². The quantitative estimate of drug-likeness (QED) is 0.202. The molecule has 25 heteroatoms. The van der Waals surface area contributed by atoms with E-state index >= 15 is 0 Å². The van der Waals surface area contributed by atoms with Crippen LogP contribution in [0.15, 0.2) is 0 Å². The van der Waals surface area contributed by atoms with Gasteiger partial charge in [0, 0.05) is 0 Å². The van der Waals surface area contributed by atoms with Crippen molar-refractivity contribution in [2.75, 3.05) is 0 Å². The first-order chi connectivity index (χ1) is 15.8. The lowest BCUT2D eigenvalue weighted by Crippen LogP contribution is -2.79. The van der Waals surface area contributed by atoms with Gasteiger partial charge < -0.3 is 0 Å². The summed E-state index contributed by atoms with van der Waals surface area (Å²) in [5, 5.41) is 0. The summed E-state index contributed by atoms with van der Waals surface area (Å²) in [7, 11) is 0. The summed E-state index contributed by atoms with van der Waals surface area (Å²) in [6.45, 7) is -1.89. The monoisotopic (exact) mass is 628 g/mol. The molecule has 4 N–H and O–H groups in total. The maximum atomic E-state index is 13.8. The Morgan fingerprint density at radius 1 is 0.263 bits per heavy atom. The molecule has 0 aromatic heterocycles. The van der Waals surface area contributed by atoms with E-state index in [-0.39, 0.29) is 0 Å². The summed E-state index contributed by atoms with van der Waals surface area (Å²) >= 11 is 0. The first kappa shape index (κ1) is 36.3. The smallest absolute Gasteiger partial charge is 0.267 e. The summed E-state index contributed by atoms with van der Waals surface area (Å²) in [4.78, 5) is 0. The number of alkyl halides is 23. The van der Waals surface area contributed by atoms with E-state index in [0.29, 0.717) is 0 Å². The molecule has 0 aliphatic rings. The Balaban J connectivity index is 7.29. The maximum Gasteiger partial charge on any atom is 0.392 e. The average Bonchev–Trinajstić information content (AvgIpc) is 2.64. The third kappa shape index (κ3) is 4.02. The molecule has 0 saturated heterocycles. The van der Waals surface area contributed by atoms with Crippen LogP contribution in [0.4, 0.5) is 101 Å². The zero-order valence-corrected chi connectivity index (χ0v) is 16.8. The minimum Gasteiger partial charge on any atom is -0.267 e. The second-order valence-electron chi connectivity index (χ2n) is 7.42. The lowest BCUT2D eigenvalue weighted by atomic mass is 9.81. The fraction of sp³-hybridized carbons (Fsp3) is 1.00. The van der Waals surface area contributed by atoms with Gasteiger partial charge in [0.15, 0.2) is 0 Å². The topological polar surface area (TPSA) is 52.0 Å². The molecule has 230 valence electrons. The van der Waals surface area contributed by atoms with E-state index in [1.807, 2.05) is 0 Å². The van der Waals surface area contributed by atoms with Crippen molar-refractivity contribution in [3.63, 3.8) is 0 Å². The van der Waals surface area contributed by atoms with Crippen LogP contribution in [0.5, 0.6) is 0 Å². The van der Waals surface area contributed by atoms with E-state index in [1.54, 1.807) is 0 Å². The molecule has 1 atom stereocenters. The van der Waals surface area contributed by atoms with Crippen molar-refractivity contribution in [2.24, 2.45) is 11.5 Å². The molecule has 0 radical (unpaired) electrons. The van der Waals surface area contributed by atoms with Crippen LogP contribution in [-0.2, 0) is 0 Å². The van der Waals surface area contributed by atoms with Gasteiger partial charge in [-0.1, -0.05) is 0 Å². The van der Waals surface area contributed by atoms with Gasteiger partial charge in [-0.2, -0.15) is 96.6 Å². The van der Waals surface area contributed by atoms with Gasteiger partial charge in [-0.25, -0.2) is 4.39 Å². The zero-order valence-electron chi connectivity index (χ0n) is 16.8. The highest BCUT2D eigenvalue weighted by atomic mass is 19.4. The predicted molar refractivity (Wildman–Crippen MR) is 72.3 cm³/mol. The van der Waals surface area contributed by atoms with E-state index in [2.05, 4.69) is 11.5 Å². The van der Waals surface area contributed by atoms with Crippen LogP contribution in [0, 0.1) is 0 Å². The van der Waals surface area contributed by atoms with Crippen LogP contribution in [0.2, 0.25) is 0 Å². The van der Waals surface area contributed by atoms with Gasteiger partial charge in [-0.05, 0) is 6.92 Å². The van der Waals surface area contributed by atoms with E-state index in [4.69, 9.17) is 0 Å². The molecule has 0 fully saturated rings. The standard InChI is InChI=1S/C13H7F23N2/c1-2(14,4(17,18)12(33,34)37)3(15,16)5(19,20)6(21,22)7(23,24)8(25,26)9(27,28)10(29,30)11(31,32)13(35,36)38/h37-38H2,1H3. The van der Waals surface area contributed by atoms with Crippen LogP contribution in [0.3, 0.4) is 0 Å². The molecule has 0 aromatic carbocycles. The van der Waals surface area contributed by atoms with Gasteiger partial charge >= 0.3 is 65.4 Å².